The van der Waals surface area contributed by atoms with Crippen molar-refractivity contribution in [2.45, 2.75) is 219 Å². The Morgan fingerprint density at radius 1 is 0.526 bits per heavy atom. The molecule has 0 bridgehead atoms. The quantitative estimate of drug-likeness (QED) is 0.0521. The number of aryl methyl sites for hydroxylation is 4. The summed E-state index contributed by atoms with van der Waals surface area (Å²) in [6.07, 6.45) is 5.46. The van der Waals surface area contributed by atoms with Crippen molar-refractivity contribution in [2.24, 2.45) is 5.41 Å². The van der Waals surface area contributed by atoms with E-state index >= 15 is 9.59 Å². The lowest BCUT2D eigenvalue weighted by atomic mass is 9.85. The van der Waals surface area contributed by atoms with Crippen LogP contribution >= 0.6 is 0 Å². The molecule has 4 aliphatic rings. The molecule has 9 rings (SSSR count). The molecular weight excluding hydrogens is 1230 g/mol. The first kappa shape index (κ1) is 72.2. The van der Waals surface area contributed by atoms with Crippen molar-refractivity contribution in [3.63, 3.8) is 0 Å². The van der Waals surface area contributed by atoms with Gasteiger partial charge in [0, 0.05) is 51.6 Å². The number of amides is 9. The van der Waals surface area contributed by atoms with Crippen LogP contribution in [-0.4, -0.2) is 147 Å². The highest BCUT2D eigenvalue weighted by Gasteiger charge is 2.47. The highest BCUT2D eigenvalue weighted by Crippen LogP contribution is 2.34. The zero-order valence-electron chi connectivity index (χ0n) is 58.7. The Bertz CT molecular complexity index is 3700. The van der Waals surface area contributed by atoms with Gasteiger partial charge in [0.15, 0.2) is 0 Å². The molecule has 1 saturated heterocycles. The molecular formula is C77H99N9O11. The third-order valence-electron chi connectivity index (χ3n) is 19.1. The number of carbonyl (C=O) groups excluding carboxylic acids is 9. The van der Waals surface area contributed by atoms with Gasteiger partial charge in [0.2, 0.25) is 35.4 Å². The third kappa shape index (κ3) is 18.3. The van der Waals surface area contributed by atoms with Crippen LogP contribution in [-0.2, 0) is 83.3 Å². The van der Waals surface area contributed by atoms with Gasteiger partial charge in [-0.2, -0.15) is 0 Å². The van der Waals surface area contributed by atoms with E-state index in [0.29, 0.717) is 18.4 Å². The van der Waals surface area contributed by atoms with E-state index in [1.165, 1.54) is 34.4 Å². The second kappa shape index (κ2) is 30.6. The maximum atomic E-state index is 15.3. The lowest BCUT2D eigenvalue weighted by Gasteiger charge is -2.39. The molecule has 0 spiro atoms. The van der Waals surface area contributed by atoms with Gasteiger partial charge in [0.05, 0.1) is 12.1 Å². The molecule has 20 heteroatoms. The predicted octanol–water partition coefficient (Wildman–Crippen LogP) is 9.58. The summed E-state index contributed by atoms with van der Waals surface area (Å²) in [5.41, 5.74) is 6.99. The van der Waals surface area contributed by atoms with Gasteiger partial charge in [-0.1, -0.05) is 130 Å². The number of likely N-dealkylation sites (tertiary alicyclic amines) is 1. The van der Waals surface area contributed by atoms with Crippen LogP contribution in [0, 0.1) is 5.41 Å². The second-order valence-corrected chi connectivity index (χ2v) is 29.8. The summed E-state index contributed by atoms with van der Waals surface area (Å²) >= 11 is 0. The fourth-order valence-corrected chi connectivity index (χ4v) is 13.3. The predicted molar refractivity (Wildman–Crippen MR) is 371 cm³/mol. The minimum absolute atomic E-state index is 0.00197. The molecule has 9 atom stereocenters. The number of nitrogens with one attached hydrogen (secondary N) is 5. The zero-order valence-corrected chi connectivity index (χ0v) is 58.7. The zero-order chi connectivity index (χ0) is 70.3. The minimum Gasteiger partial charge on any atom is -0.444 e. The number of benzene rings is 5. The van der Waals surface area contributed by atoms with E-state index in [9.17, 15) is 33.6 Å². The molecule has 518 valence electrons. The molecule has 1 fully saturated rings. The topological polar surface area (TPSA) is 245 Å². The number of hydrogen-bond donors (Lipinski definition) is 5. The Hall–Kier alpha value is -9.07. The van der Waals surface area contributed by atoms with Crippen molar-refractivity contribution in [3.8, 4) is 0 Å². The maximum absolute atomic E-state index is 15.3. The first-order chi connectivity index (χ1) is 45.8. The number of hydrogen-bond acceptors (Lipinski definition) is 11. The highest BCUT2D eigenvalue weighted by molar-refractivity contribution is 5.97. The van der Waals surface area contributed by atoms with E-state index in [1.807, 2.05) is 112 Å². The Morgan fingerprint density at radius 3 is 1.48 bits per heavy atom. The first-order valence-corrected chi connectivity index (χ1v) is 34.3. The lowest BCUT2D eigenvalue weighted by molar-refractivity contribution is -0.145. The molecule has 20 nitrogen and oxygen atoms in total. The van der Waals surface area contributed by atoms with Gasteiger partial charge >= 0.3 is 12.2 Å². The van der Waals surface area contributed by atoms with Gasteiger partial charge in [-0.05, 0) is 181 Å². The van der Waals surface area contributed by atoms with Crippen molar-refractivity contribution >= 4 is 53.5 Å². The van der Waals surface area contributed by atoms with Crippen LogP contribution in [0.4, 0.5) is 9.59 Å². The maximum Gasteiger partial charge on any atom is 0.410 e. The molecule has 0 aromatic heterocycles. The summed E-state index contributed by atoms with van der Waals surface area (Å²) < 4.78 is 11.1. The summed E-state index contributed by atoms with van der Waals surface area (Å²) in [7, 11) is 2.94. The van der Waals surface area contributed by atoms with Crippen LogP contribution in [0.15, 0.2) is 121 Å². The molecule has 6 unspecified atom stereocenters. The fraction of sp³-hybridized carbons (Fsp3) is 0.494. The summed E-state index contributed by atoms with van der Waals surface area (Å²) in [5, 5.41) is 15.6. The van der Waals surface area contributed by atoms with Gasteiger partial charge in [-0.25, -0.2) is 9.59 Å². The smallest absolute Gasteiger partial charge is 0.410 e. The average Bonchev–Trinajstić information content (AvgIpc) is 1.67. The second-order valence-electron chi connectivity index (χ2n) is 29.8. The van der Waals surface area contributed by atoms with Crippen LogP contribution in [0.5, 0.6) is 0 Å². The first-order valence-electron chi connectivity index (χ1n) is 34.3. The molecule has 5 aromatic rings. The fourth-order valence-electron chi connectivity index (χ4n) is 13.3. The molecule has 2 aliphatic carbocycles. The van der Waals surface area contributed by atoms with Crippen molar-refractivity contribution in [1.29, 1.82) is 0 Å². The molecule has 5 N–H and O–H groups in total. The monoisotopic (exact) mass is 1330 g/mol. The van der Waals surface area contributed by atoms with Crippen LogP contribution in [0.2, 0.25) is 0 Å². The molecule has 97 heavy (non-hydrogen) atoms. The van der Waals surface area contributed by atoms with Gasteiger partial charge in [-0.15, -0.1) is 0 Å². The Kier molecular flexibility index (Phi) is 22.7. The van der Waals surface area contributed by atoms with Gasteiger partial charge in [0.1, 0.15) is 47.5 Å². The standard InChI is InChI=1S/C77H99N9O11/c1-47(83(12)73(94)96-76(6,7)8)66(87)81-62(71(92)85-45-56-25-15-14-24-55(56)43-63(85)69(90)79-60-30-20-26-52-22-16-18-28-58(52)60)42-51-36-34-49(35-37-51)32-33-50-38-40-54(41-39-50)68(89)78-57-44-64(70(91)80-61-31-21-27-53-23-17-19-29-59(53)61)86(46-57)72(93)65(75(3,4)5)82-67(88)48(2)84(13)74(95)97-77(9,10)11/h14-19,22-25,28-29,34-41,47-48,57,60-65H,20-21,26-27,30-33,42-46H2,1-13H3,(H,78,89)(H,79,90)(H,80,91)(H,81,87)(H,82,88)/t47-,48-,57-,60?,61?,62?,63?,64?,65?/m0/s1. The van der Waals surface area contributed by atoms with Crippen molar-refractivity contribution in [2.75, 3.05) is 20.6 Å². The van der Waals surface area contributed by atoms with Crippen molar-refractivity contribution in [3.05, 3.63) is 177 Å². The molecule has 2 aliphatic heterocycles. The Balaban J connectivity index is 0.875. The van der Waals surface area contributed by atoms with E-state index in [2.05, 4.69) is 44.8 Å². The summed E-state index contributed by atoms with van der Waals surface area (Å²) in [4.78, 5) is 134. The number of likely N-dealkylation sites (N-methyl/N-ethyl adjacent to an activating group) is 2. The Morgan fingerprint density at radius 2 is 0.979 bits per heavy atom. The van der Waals surface area contributed by atoms with Crippen LogP contribution in [0.25, 0.3) is 0 Å². The van der Waals surface area contributed by atoms with Crippen molar-refractivity contribution in [1.82, 2.24) is 46.2 Å². The van der Waals surface area contributed by atoms with E-state index in [4.69, 9.17) is 9.47 Å². The van der Waals surface area contributed by atoms with Gasteiger partial charge < -0.3 is 45.9 Å². The van der Waals surface area contributed by atoms with Crippen molar-refractivity contribution < 1.29 is 52.6 Å². The van der Waals surface area contributed by atoms with Crippen LogP contribution in [0.1, 0.15) is 181 Å². The summed E-state index contributed by atoms with van der Waals surface area (Å²) in [6, 6.07) is 31.8. The van der Waals surface area contributed by atoms with Gasteiger partial charge in [-0.3, -0.25) is 43.4 Å². The third-order valence-corrected chi connectivity index (χ3v) is 19.1. The number of ether oxygens (including phenoxy) is 2. The van der Waals surface area contributed by atoms with E-state index in [-0.39, 0.29) is 62.2 Å². The van der Waals surface area contributed by atoms with E-state index < -0.39 is 94.7 Å². The summed E-state index contributed by atoms with van der Waals surface area (Å²) in [5.74, 6) is -3.09. The molecule has 2 heterocycles. The number of nitrogens with zero attached hydrogens (tertiary/aromatic N) is 4. The normalized spacial score (nSPS) is 19.6. The number of fused-ring (bicyclic) bond motifs is 3. The van der Waals surface area contributed by atoms with Crippen LogP contribution < -0.4 is 26.6 Å². The lowest BCUT2D eigenvalue weighted by Crippen LogP contribution is -2.60. The molecule has 0 radical (unpaired) electrons. The minimum atomic E-state index is -1.13. The number of rotatable bonds is 19. The average molecular weight is 1330 g/mol. The number of carbonyl (C=O) groups is 9. The summed E-state index contributed by atoms with van der Waals surface area (Å²) in [6.45, 7) is 19.1. The molecule has 9 amide bonds. The van der Waals surface area contributed by atoms with Crippen LogP contribution in [0.3, 0.4) is 0 Å². The molecule has 5 aromatic carbocycles. The van der Waals surface area contributed by atoms with E-state index in [1.54, 1.807) is 72.4 Å². The molecule has 0 saturated carbocycles. The largest absolute Gasteiger partial charge is 0.444 e. The van der Waals surface area contributed by atoms with Gasteiger partial charge in [0.25, 0.3) is 5.91 Å². The Labute approximate surface area is 571 Å². The highest BCUT2D eigenvalue weighted by atomic mass is 16.6. The van der Waals surface area contributed by atoms with E-state index in [0.717, 1.165) is 83.0 Å². The SMILES string of the molecule is C[C@@H](C(=O)NC(Cc1ccc(CCc2ccc(C(=O)N[C@H]3CC(C(=O)NC4CCCc5ccccc54)N(C(=O)C(NC(=O)[C@H](C)N(C)C(=O)OC(C)(C)C)C(C)(C)C)C3)cc2)cc1)C(=O)N1Cc2ccccc2CC1C(=O)NC1CCCc2ccccc21)N(C)C(=O)OC(C)(C)C.